The van der Waals surface area contributed by atoms with Crippen molar-refractivity contribution in [1.82, 2.24) is 4.90 Å². The first-order valence-corrected chi connectivity index (χ1v) is 11.6. The van der Waals surface area contributed by atoms with Crippen LogP contribution in [0.15, 0.2) is 65.6 Å². The SMILES string of the molecule is COc1cc2c(cc1OC)[C@@H](c1cccc(Cl)c1)N(Cc1ccc(SC)cc1)CC2. The molecule has 1 aliphatic rings. The molecule has 0 saturated carbocycles. The summed E-state index contributed by atoms with van der Waals surface area (Å²) in [6.07, 6.45) is 3.07. The number of thioether (sulfide) groups is 1. The van der Waals surface area contributed by atoms with Crippen LogP contribution in [0.5, 0.6) is 11.5 Å². The lowest BCUT2D eigenvalue weighted by atomic mass is 9.87. The Morgan fingerprint density at radius 2 is 1.73 bits per heavy atom. The minimum atomic E-state index is 0.104. The van der Waals surface area contributed by atoms with Crippen LogP contribution < -0.4 is 9.47 Å². The highest BCUT2D eigenvalue weighted by atomic mass is 35.5. The van der Waals surface area contributed by atoms with Crippen LogP contribution in [0.2, 0.25) is 5.02 Å². The van der Waals surface area contributed by atoms with E-state index in [4.69, 9.17) is 21.1 Å². The maximum atomic E-state index is 6.37. The highest BCUT2D eigenvalue weighted by Crippen LogP contribution is 2.42. The average Bonchev–Trinajstić information content (AvgIpc) is 2.78. The van der Waals surface area contributed by atoms with Crippen molar-refractivity contribution in [2.75, 3.05) is 27.0 Å². The minimum Gasteiger partial charge on any atom is -0.493 e. The monoisotopic (exact) mass is 439 g/mol. The highest BCUT2D eigenvalue weighted by molar-refractivity contribution is 7.98. The fourth-order valence-corrected chi connectivity index (χ4v) is 4.81. The van der Waals surface area contributed by atoms with Crippen molar-refractivity contribution in [2.45, 2.75) is 23.9 Å². The van der Waals surface area contributed by atoms with Gasteiger partial charge in [0.15, 0.2) is 11.5 Å². The fraction of sp³-hybridized carbons (Fsp3) is 0.280. The molecule has 0 radical (unpaired) electrons. The second-order valence-corrected chi connectivity index (χ2v) is 8.75. The molecule has 30 heavy (non-hydrogen) atoms. The predicted octanol–water partition coefficient (Wildman–Crippen LogP) is 6.23. The summed E-state index contributed by atoms with van der Waals surface area (Å²) in [5.41, 5.74) is 5.05. The van der Waals surface area contributed by atoms with Crippen LogP contribution >= 0.6 is 23.4 Å². The van der Waals surface area contributed by atoms with E-state index in [-0.39, 0.29) is 6.04 Å². The van der Waals surface area contributed by atoms with Crippen LogP contribution in [0, 0.1) is 0 Å². The Labute approximate surface area is 188 Å². The third kappa shape index (κ3) is 4.31. The molecule has 0 fully saturated rings. The van der Waals surface area contributed by atoms with E-state index in [1.807, 2.05) is 12.1 Å². The van der Waals surface area contributed by atoms with Crippen molar-refractivity contribution in [3.63, 3.8) is 0 Å². The largest absolute Gasteiger partial charge is 0.493 e. The van der Waals surface area contributed by atoms with Crippen LogP contribution in [0.25, 0.3) is 0 Å². The van der Waals surface area contributed by atoms with Gasteiger partial charge in [0, 0.05) is 23.0 Å². The second kappa shape index (κ2) is 9.34. The van der Waals surface area contributed by atoms with Gasteiger partial charge in [-0.1, -0.05) is 35.9 Å². The maximum absolute atomic E-state index is 6.37. The number of methoxy groups -OCH3 is 2. The number of nitrogens with zero attached hydrogens (tertiary/aromatic N) is 1. The van der Waals surface area contributed by atoms with Gasteiger partial charge in [0.1, 0.15) is 0 Å². The lowest BCUT2D eigenvalue weighted by molar-refractivity contribution is 0.203. The zero-order valence-electron chi connectivity index (χ0n) is 17.5. The van der Waals surface area contributed by atoms with E-state index in [1.165, 1.54) is 27.1 Å². The standard InChI is InChI=1S/C25H26ClNO2S/c1-28-23-14-18-11-12-27(16-17-7-9-21(30-3)10-8-17)25(22(18)15-24(23)29-2)19-5-4-6-20(26)13-19/h4-10,13-15,25H,11-12,16H2,1-3H3/t25-/m1/s1. The van der Waals surface area contributed by atoms with Crippen molar-refractivity contribution in [3.8, 4) is 11.5 Å². The third-order valence-electron chi connectivity index (χ3n) is 5.68. The number of halogens is 1. The van der Waals surface area contributed by atoms with E-state index in [9.17, 15) is 0 Å². The van der Waals surface area contributed by atoms with Crippen LogP contribution in [0.3, 0.4) is 0 Å². The molecule has 3 nitrogen and oxygen atoms in total. The molecule has 0 aromatic heterocycles. The van der Waals surface area contributed by atoms with Crippen molar-refractivity contribution in [1.29, 1.82) is 0 Å². The molecule has 1 heterocycles. The van der Waals surface area contributed by atoms with Crippen molar-refractivity contribution in [3.05, 3.63) is 87.9 Å². The molecule has 4 rings (SSSR count). The van der Waals surface area contributed by atoms with E-state index < -0.39 is 0 Å². The third-order valence-corrected chi connectivity index (χ3v) is 6.66. The summed E-state index contributed by atoms with van der Waals surface area (Å²) < 4.78 is 11.2. The van der Waals surface area contributed by atoms with Gasteiger partial charge in [0.25, 0.3) is 0 Å². The molecule has 0 unspecified atom stereocenters. The van der Waals surface area contributed by atoms with Gasteiger partial charge in [-0.15, -0.1) is 11.8 Å². The van der Waals surface area contributed by atoms with Gasteiger partial charge < -0.3 is 9.47 Å². The van der Waals surface area contributed by atoms with Gasteiger partial charge in [-0.05, 0) is 71.3 Å². The average molecular weight is 440 g/mol. The molecule has 1 atom stereocenters. The van der Waals surface area contributed by atoms with Crippen molar-refractivity contribution >= 4 is 23.4 Å². The zero-order valence-corrected chi connectivity index (χ0v) is 19.1. The minimum absolute atomic E-state index is 0.104. The molecule has 5 heteroatoms. The summed E-state index contributed by atoms with van der Waals surface area (Å²) in [5.74, 6) is 1.54. The number of hydrogen-bond acceptors (Lipinski definition) is 4. The summed E-state index contributed by atoms with van der Waals surface area (Å²) >= 11 is 8.14. The number of rotatable bonds is 6. The van der Waals surface area contributed by atoms with Gasteiger partial charge in [0.2, 0.25) is 0 Å². The van der Waals surface area contributed by atoms with Gasteiger partial charge in [-0.25, -0.2) is 0 Å². The number of hydrogen-bond donors (Lipinski definition) is 0. The van der Waals surface area contributed by atoms with Gasteiger partial charge in [0.05, 0.1) is 20.3 Å². The lowest BCUT2D eigenvalue weighted by Gasteiger charge is -2.38. The normalized spacial score (nSPS) is 16.2. The molecule has 156 valence electrons. The van der Waals surface area contributed by atoms with Gasteiger partial charge in [-0.2, -0.15) is 0 Å². The Morgan fingerprint density at radius 1 is 1.00 bits per heavy atom. The van der Waals surface area contributed by atoms with E-state index in [0.717, 1.165) is 36.0 Å². The van der Waals surface area contributed by atoms with Crippen molar-refractivity contribution in [2.24, 2.45) is 0 Å². The number of fused-ring (bicyclic) bond motifs is 1. The molecule has 0 bridgehead atoms. The van der Waals surface area contributed by atoms with E-state index in [1.54, 1.807) is 26.0 Å². The zero-order chi connectivity index (χ0) is 21.1. The number of benzene rings is 3. The van der Waals surface area contributed by atoms with Crippen LogP contribution in [-0.2, 0) is 13.0 Å². The highest BCUT2D eigenvalue weighted by Gasteiger charge is 2.30. The second-order valence-electron chi connectivity index (χ2n) is 7.43. The summed E-state index contributed by atoms with van der Waals surface area (Å²) in [7, 11) is 3.37. The Bertz CT molecular complexity index is 1020. The molecule has 1 aliphatic heterocycles. The maximum Gasteiger partial charge on any atom is 0.161 e. The Morgan fingerprint density at radius 3 is 2.40 bits per heavy atom. The summed E-state index contributed by atoms with van der Waals surface area (Å²) in [6, 6.07) is 21.4. The Kier molecular flexibility index (Phi) is 6.57. The van der Waals surface area contributed by atoms with Crippen LogP contribution in [0.1, 0.15) is 28.3 Å². The molecular formula is C25H26ClNO2S. The molecule has 3 aromatic carbocycles. The molecule has 0 aliphatic carbocycles. The van der Waals surface area contributed by atoms with Gasteiger partial charge >= 0.3 is 0 Å². The fourth-order valence-electron chi connectivity index (χ4n) is 4.20. The first-order chi connectivity index (χ1) is 14.6. The summed E-state index contributed by atoms with van der Waals surface area (Å²) in [4.78, 5) is 3.81. The summed E-state index contributed by atoms with van der Waals surface area (Å²) in [6.45, 7) is 1.84. The van der Waals surface area contributed by atoms with E-state index >= 15 is 0 Å². The predicted molar refractivity (Wildman–Crippen MR) is 125 cm³/mol. The van der Waals surface area contributed by atoms with Crippen LogP contribution in [-0.4, -0.2) is 31.9 Å². The first-order valence-electron chi connectivity index (χ1n) is 10.00. The molecule has 0 spiro atoms. The lowest BCUT2D eigenvalue weighted by Crippen LogP contribution is -2.35. The number of ether oxygens (including phenoxy) is 2. The quantitative estimate of drug-likeness (QED) is 0.424. The van der Waals surface area contributed by atoms with E-state index in [0.29, 0.717) is 0 Å². The van der Waals surface area contributed by atoms with Gasteiger partial charge in [-0.3, -0.25) is 4.90 Å². The topological polar surface area (TPSA) is 21.7 Å². The molecule has 0 amide bonds. The first kappa shape index (κ1) is 21.1. The smallest absolute Gasteiger partial charge is 0.161 e. The summed E-state index contributed by atoms with van der Waals surface area (Å²) in [5, 5.41) is 0.754. The molecule has 0 saturated heterocycles. The Hall–Kier alpha value is -2.14. The van der Waals surface area contributed by atoms with Crippen molar-refractivity contribution < 1.29 is 9.47 Å². The van der Waals surface area contributed by atoms with E-state index in [2.05, 4.69) is 59.7 Å². The molecule has 3 aromatic rings. The molecule has 0 N–H and O–H groups in total. The van der Waals surface area contributed by atoms with Crippen LogP contribution in [0.4, 0.5) is 0 Å². The Balaban J connectivity index is 1.76. The molecular weight excluding hydrogens is 414 g/mol.